The summed E-state index contributed by atoms with van der Waals surface area (Å²) >= 11 is 9.57. The van der Waals surface area contributed by atoms with Gasteiger partial charge in [0, 0.05) is 14.6 Å². The maximum Gasteiger partial charge on any atom is 0.265 e. The Bertz CT molecular complexity index is 745. The molecule has 2 aromatic carbocycles. The molecule has 0 heterocycles. The minimum Gasteiger partial charge on any atom is -0.505 e. The Hall–Kier alpha value is -0.570. The van der Waals surface area contributed by atoms with Gasteiger partial charge in [0.2, 0.25) is 0 Å². The Morgan fingerprint density at radius 2 is 1.55 bits per heavy atom. The Labute approximate surface area is 141 Å². The van der Waals surface area contributed by atoms with Gasteiger partial charge < -0.3 is 5.11 Å². The van der Waals surface area contributed by atoms with Crippen LogP contribution in [-0.4, -0.2) is 13.5 Å². The SMILES string of the molecule is O=S(=O)(Nc1ccc(Br)cc1)c1cc(Br)cc(Br)c1O. The van der Waals surface area contributed by atoms with Crippen LogP contribution < -0.4 is 4.72 Å². The largest absolute Gasteiger partial charge is 0.505 e. The molecule has 0 fully saturated rings. The van der Waals surface area contributed by atoms with Crippen molar-refractivity contribution in [2.45, 2.75) is 4.90 Å². The van der Waals surface area contributed by atoms with Crippen LogP contribution in [-0.2, 0) is 10.0 Å². The Morgan fingerprint density at radius 3 is 2.15 bits per heavy atom. The van der Waals surface area contributed by atoms with Gasteiger partial charge in [-0.1, -0.05) is 31.9 Å². The van der Waals surface area contributed by atoms with E-state index in [9.17, 15) is 13.5 Å². The van der Waals surface area contributed by atoms with Crippen molar-refractivity contribution < 1.29 is 13.5 Å². The molecule has 0 aromatic heterocycles. The second kappa shape index (κ2) is 6.05. The lowest BCUT2D eigenvalue weighted by Crippen LogP contribution is -2.13. The summed E-state index contributed by atoms with van der Waals surface area (Å²) in [5, 5.41) is 9.89. The van der Waals surface area contributed by atoms with Gasteiger partial charge in [-0.3, -0.25) is 4.72 Å². The van der Waals surface area contributed by atoms with E-state index in [0.717, 1.165) is 4.47 Å². The maximum atomic E-state index is 12.3. The molecule has 0 aliphatic rings. The average molecular weight is 486 g/mol. The smallest absolute Gasteiger partial charge is 0.265 e. The van der Waals surface area contributed by atoms with Crippen LogP contribution in [0.4, 0.5) is 5.69 Å². The number of phenolic OH excluding ortho intramolecular Hbond substituents is 1. The molecular formula is C12H8Br3NO3S. The summed E-state index contributed by atoms with van der Waals surface area (Å²) < 4.78 is 28.7. The number of anilines is 1. The van der Waals surface area contributed by atoms with Crippen molar-refractivity contribution in [3.63, 3.8) is 0 Å². The molecule has 2 rings (SSSR count). The number of hydrogen-bond acceptors (Lipinski definition) is 3. The molecule has 0 aliphatic carbocycles. The van der Waals surface area contributed by atoms with Crippen molar-refractivity contribution in [1.29, 1.82) is 0 Å². The number of nitrogens with one attached hydrogen (secondary N) is 1. The second-order valence-corrected chi connectivity index (χ2v) is 8.18. The van der Waals surface area contributed by atoms with Gasteiger partial charge in [0.05, 0.1) is 4.47 Å². The molecule has 0 saturated carbocycles. The lowest BCUT2D eigenvalue weighted by atomic mass is 10.3. The van der Waals surface area contributed by atoms with Crippen LogP contribution >= 0.6 is 47.8 Å². The van der Waals surface area contributed by atoms with Gasteiger partial charge in [-0.2, -0.15) is 0 Å². The summed E-state index contributed by atoms with van der Waals surface area (Å²) in [4.78, 5) is -0.207. The van der Waals surface area contributed by atoms with E-state index >= 15 is 0 Å². The molecule has 0 unspecified atom stereocenters. The fourth-order valence-corrected chi connectivity index (χ4v) is 4.45. The van der Waals surface area contributed by atoms with Gasteiger partial charge in [-0.25, -0.2) is 8.42 Å². The zero-order valence-electron chi connectivity index (χ0n) is 9.77. The summed E-state index contributed by atoms with van der Waals surface area (Å²) in [5.41, 5.74) is 0.406. The molecule has 0 radical (unpaired) electrons. The van der Waals surface area contributed by atoms with Crippen molar-refractivity contribution >= 4 is 63.5 Å². The molecule has 0 aliphatic heterocycles. The van der Waals surface area contributed by atoms with Crippen LogP contribution in [0.3, 0.4) is 0 Å². The standard InChI is InChI=1S/C12H8Br3NO3S/c13-7-1-3-9(4-2-7)16-20(18,19)11-6-8(14)5-10(15)12(11)17/h1-6,16-17H. The highest BCUT2D eigenvalue weighted by Gasteiger charge is 2.21. The Morgan fingerprint density at radius 1 is 0.950 bits per heavy atom. The third-order valence-corrected chi connectivity index (χ3v) is 5.36. The van der Waals surface area contributed by atoms with Gasteiger partial charge in [0.15, 0.2) is 0 Å². The number of phenols is 1. The molecule has 0 spiro atoms. The minimum absolute atomic E-state index is 0.207. The summed E-state index contributed by atoms with van der Waals surface area (Å²) in [6, 6.07) is 9.57. The topological polar surface area (TPSA) is 66.4 Å². The predicted octanol–water partition coefficient (Wildman–Crippen LogP) is 4.48. The lowest BCUT2D eigenvalue weighted by Gasteiger charge is -2.11. The Kier molecular flexibility index (Phi) is 4.78. The average Bonchev–Trinajstić information content (AvgIpc) is 2.36. The lowest BCUT2D eigenvalue weighted by molar-refractivity contribution is 0.455. The molecule has 0 atom stereocenters. The van der Waals surface area contributed by atoms with E-state index in [1.54, 1.807) is 30.3 Å². The van der Waals surface area contributed by atoms with Gasteiger partial charge in [-0.15, -0.1) is 0 Å². The highest BCUT2D eigenvalue weighted by atomic mass is 79.9. The third kappa shape index (κ3) is 3.55. The summed E-state index contributed by atoms with van der Waals surface area (Å²) in [6.45, 7) is 0. The van der Waals surface area contributed by atoms with Crippen LogP contribution in [0.5, 0.6) is 5.75 Å². The van der Waals surface area contributed by atoms with Crippen LogP contribution in [0.15, 0.2) is 54.7 Å². The summed E-state index contributed by atoms with van der Waals surface area (Å²) in [7, 11) is -3.88. The summed E-state index contributed by atoms with van der Waals surface area (Å²) in [5.74, 6) is -0.335. The first-order chi connectivity index (χ1) is 9.29. The van der Waals surface area contributed by atoms with Crippen LogP contribution in [0.1, 0.15) is 0 Å². The van der Waals surface area contributed by atoms with Crippen molar-refractivity contribution in [2.24, 2.45) is 0 Å². The molecule has 20 heavy (non-hydrogen) atoms. The van der Waals surface area contributed by atoms with Gasteiger partial charge in [0.25, 0.3) is 10.0 Å². The minimum atomic E-state index is -3.88. The van der Waals surface area contributed by atoms with Crippen molar-refractivity contribution in [1.82, 2.24) is 0 Å². The molecule has 4 nitrogen and oxygen atoms in total. The van der Waals surface area contributed by atoms with Crippen LogP contribution in [0.2, 0.25) is 0 Å². The molecule has 0 amide bonds. The van der Waals surface area contributed by atoms with E-state index < -0.39 is 10.0 Å². The van der Waals surface area contributed by atoms with E-state index in [4.69, 9.17) is 0 Å². The highest BCUT2D eigenvalue weighted by molar-refractivity contribution is 9.11. The molecule has 2 N–H and O–H groups in total. The first kappa shape index (κ1) is 15.8. The quantitative estimate of drug-likeness (QED) is 0.673. The first-order valence-electron chi connectivity index (χ1n) is 5.26. The van der Waals surface area contributed by atoms with E-state index in [-0.39, 0.29) is 10.6 Å². The monoisotopic (exact) mass is 483 g/mol. The van der Waals surface area contributed by atoms with E-state index in [1.165, 1.54) is 6.07 Å². The molecule has 0 saturated heterocycles. The van der Waals surface area contributed by atoms with Gasteiger partial charge in [-0.05, 0) is 52.3 Å². The number of benzene rings is 2. The zero-order valence-corrected chi connectivity index (χ0v) is 15.3. The highest BCUT2D eigenvalue weighted by Crippen LogP contribution is 2.35. The number of rotatable bonds is 3. The number of halogens is 3. The Balaban J connectivity index is 2.43. The molecular weight excluding hydrogens is 478 g/mol. The van der Waals surface area contributed by atoms with Crippen LogP contribution in [0.25, 0.3) is 0 Å². The van der Waals surface area contributed by atoms with Crippen molar-refractivity contribution in [2.75, 3.05) is 4.72 Å². The second-order valence-electron chi connectivity index (χ2n) is 3.85. The normalized spacial score (nSPS) is 11.3. The van der Waals surface area contributed by atoms with Crippen LogP contribution in [0, 0.1) is 0 Å². The van der Waals surface area contributed by atoms with Crippen molar-refractivity contribution in [3.05, 3.63) is 49.8 Å². The molecule has 8 heteroatoms. The van der Waals surface area contributed by atoms with Gasteiger partial charge >= 0.3 is 0 Å². The number of aromatic hydroxyl groups is 1. The molecule has 2 aromatic rings. The fraction of sp³-hybridized carbons (Fsp3) is 0. The molecule has 0 bridgehead atoms. The first-order valence-corrected chi connectivity index (χ1v) is 9.12. The number of hydrogen-bond donors (Lipinski definition) is 2. The van der Waals surface area contributed by atoms with Gasteiger partial charge in [0.1, 0.15) is 10.6 Å². The molecule has 106 valence electrons. The maximum absolute atomic E-state index is 12.3. The predicted molar refractivity (Wildman–Crippen MR) is 88.5 cm³/mol. The van der Waals surface area contributed by atoms with Crippen molar-refractivity contribution in [3.8, 4) is 5.75 Å². The summed E-state index contributed by atoms with van der Waals surface area (Å²) in [6.07, 6.45) is 0. The van der Waals surface area contributed by atoms with E-state index in [1.807, 2.05) is 0 Å². The number of sulfonamides is 1. The van der Waals surface area contributed by atoms with E-state index in [2.05, 4.69) is 52.5 Å². The fourth-order valence-electron chi connectivity index (χ4n) is 1.48. The van der Waals surface area contributed by atoms with E-state index in [0.29, 0.717) is 14.6 Å². The zero-order chi connectivity index (χ0) is 14.9. The third-order valence-electron chi connectivity index (χ3n) is 2.38.